The van der Waals surface area contributed by atoms with Crippen LogP contribution in [0, 0.1) is 5.95 Å². The lowest BCUT2D eigenvalue weighted by Crippen LogP contribution is -2.17. The van der Waals surface area contributed by atoms with E-state index in [1.165, 1.54) is 0 Å². The Morgan fingerprint density at radius 1 is 1.27 bits per heavy atom. The SMILES string of the molecule is CN(Cc1ccccc1)c1n[nH]nc1F. The predicted molar refractivity (Wildman–Crippen MR) is 54.9 cm³/mol. The molecule has 2 aromatic rings. The zero-order chi connectivity index (χ0) is 10.7. The topological polar surface area (TPSA) is 44.8 Å². The van der Waals surface area contributed by atoms with Gasteiger partial charge in [0.2, 0.25) is 5.82 Å². The lowest BCUT2D eigenvalue weighted by atomic mass is 10.2. The highest BCUT2D eigenvalue weighted by Gasteiger charge is 2.11. The van der Waals surface area contributed by atoms with E-state index in [2.05, 4.69) is 15.4 Å². The number of hydrogen-bond acceptors (Lipinski definition) is 3. The third kappa shape index (κ3) is 2.12. The standard InChI is InChI=1S/C10H11FN4/c1-15(10-9(11)12-14-13-10)7-8-5-3-2-4-6-8/h2-6H,7H2,1H3,(H,12,13,14). The number of halogens is 1. The normalized spacial score (nSPS) is 10.3. The number of hydrogen-bond donors (Lipinski definition) is 1. The minimum absolute atomic E-state index is 0.235. The highest BCUT2D eigenvalue weighted by molar-refractivity contribution is 5.36. The molecule has 1 aromatic carbocycles. The number of anilines is 1. The summed E-state index contributed by atoms with van der Waals surface area (Å²) >= 11 is 0. The van der Waals surface area contributed by atoms with Crippen molar-refractivity contribution in [3.05, 3.63) is 41.8 Å². The summed E-state index contributed by atoms with van der Waals surface area (Å²) in [5, 5.41) is 9.31. The second kappa shape index (κ2) is 4.08. The van der Waals surface area contributed by atoms with Crippen molar-refractivity contribution in [3.8, 4) is 0 Å². The Morgan fingerprint density at radius 2 is 2.00 bits per heavy atom. The van der Waals surface area contributed by atoms with Crippen LogP contribution in [0.25, 0.3) is 0 Å². The Hall–Kier alpha value is -1.91. The van der Waals surface area contributed by atoms with Crippen molar-refractivity contribution in [1.82, 2.24) is 15.4 Å². The molecule has 0 saturated carbocycles. The third-order valence-electron chi connectivity index (χ3n) is 2.11. The first-order chi connectivity index (χ1) is 7.27. The first-order valence-corrected chi connectivity index (χ1v) is 4.58. The van der Waals surface area contributed by atoms with Crippen LogP contribution in [0.4, 0.5) is 10.2 Å². The molecular formula is C10H11FN4. The van der Waals surface area contributed by atoms with Gasteiger partial charge in [0, 0.05) is 13.6 Å². The van der Waals surface area contributed by atoms with E-state index in [4.69, 9.17) is 0 Å². The van der Waals surface area contributed by atoms with Crippen molar-refractivity contribution in [2.75, 3.05) is 11.9 Å². The summed E-state index contributed by atoms with van der Waals surface area (Å²) in [6.07, 6.45) is 0. The smallest absolute Gasteiger partial charge is 0.276 e. The van der Waals surface area contributed by atoms with Gasteiger partial charge < -0.3 is 4.90 Å². The van der Waals surface area contributed by atoms with Crippen LogP contribution in [-0.4, -0.2) is 22.5 Å². The van der Waals surface area contributed by atoms with Crippen LogP contribution in [0.2, 0.25) is 0 Å². The van der Waals surface area contributed by atoms with Gasteiger partial charge in [-0.1, -0.05) is 30.3 Å². The predicted octanol–water partition coefficient (Wildman–Crippen LogP) is 1.58. The van der Waals surface area contributed by atoms with E-state index in [0.29, 0.717) is 6.54 Å². The van der Waals surface area contributed by atoms with Gasteiger partial charge in [-0.2, -0.15) is 9.60 Å². The molecule has 5 heteroatoms. The van der Waals surface area contributed by atoms with Gasteiger partial charge in [-0.15, -0.1) is 10.2 Å². The molecular weight excluding hydrogens is 195 g/mol. The maximum Gasteiger partial charge on any atom is 0.276 e. The molecule has 0 bridgehead atoms. The zero-order valence-corrected chi connectivity index (χ0v) is 8.31. The van der Waals surface area contributed by atoms with Crippen molar-refractivity contribution >= 4 is 5.82 Å². The van der Waals surface area contributed by atoms with Gasteiger partial charge in [0.05, 0.1) is 0 Å². The molecule has 4 nitrogen and oxygen atoms in total. The molecule has 2 rings (SSSR count). The molecule has 1 aromatic heterocycles. The van der Waals surface area contributed by atoms with Crippen LogP contribution in [0.5, 0.6) is 0 Å². The highest BCUT2D eigenvalue weighted by Crippen LogP contribution is 2.13. The van der Waals surface area contributed by atoms with E-state index in [1.807, 2.05) is 30.3 Å². The van der Waals surface area contributed by atoms with Gasteiger partial charge in [-0.25, -0.2) is 0 Å². The van der Waals surface area contributed by atoms with Crippen LogP contribution in [0.3, 0.4) is 0 Å². The van der Waals surface area contributed by atoms with Crippen LogP contribution in [0.15, 0.2) is 30.3 Å². The minimum Gasteiger partial charge on any atom is -0.350 e. The van der Waals surface area contributed by atoms with Gasteiger partial charge in [0.1, 0.15) is 0 Å². The fraction of sp³-hybridized carbons (Fsp3) is 0.200. The molecule has 0 spiro atoms. The first kappa shape index (κ1) is 9.64. The average molecular weight is 206 g/mol. The summed E-state index contributed by atoms with van der Waals surface area (Å²) in [5.41, 5.74) is 1.10. The third-order valence-corrected chi connectivity index (χ3v) is 2.11. The number of nitrogens with zero attached hydrogens (tertiary/aromatic N) is 3. The number of aromatic amines is 1. The fourth-order valence-electron chi connectivity index (χ4n) is 1.39. The summed E-state index contributed by atoms with van der Waals surface area (Å²) in [6, 6.07) is 9.80. The van der Waals surface area contributed by atoms with Gasteiger partial charge >= 0.3 is 0 Å². The number of H-pyrrole nitrogens is 1. The largest absolute Gasteiger partial charge is 0.350 e. The number of aromatic nitrogens is 3. The molecule has 15 heavy (non-hydrogen) atoms. The van der Waals surface area contributed by atoms with Crippen molar-refractivity contribution in [2.45, 2.75) is 6.54 Å². The minimum atomic E-state index is -0.576. The van der Waals surface area contributed by atoms with Crippen molar-refractivity contribution in [2.24, 2.45) is 0 Å². The number of nitrogens with one attached hydrogen (secondary N) is 1. The quantitative estimate of drug-likeness (QED) is 0.829. The van der Waals surface area contributed by atoms with E-state index in [1.54, 1.807) is 11.9 Å². The summed E-state index contributed by atoms with van der Waals surface area (Å²) in [6.45, 7) is 0.601. The lowest BCUT2D eigenvalue weighted by Gasteiger charge is -2.15. The van der Waals surface area contributed by atoms with Gasteiger partial charge in [0.25, 0.3) is 5.95 Å². The average Bonchev–Trinajstić information content (AvgIpc) is 2.66. The van der Waals surface area contributed by atoms with Gasteiger partial charge in [-0.05, 0) is 5.56 Å². The molecule has 1 N–H and O–H groups in total. The molecule has 0 atom stereocenters. The molecule has 0 aliphatic heterocycles. The Morgan fingerprint density at radius 3 is 2.60 bits per heavy atom. The van der Waals surface area contributed by atoms with E-state index in [0.717, 1.165) is 5.56 Å². The van der Waals surface area contributed by atoms with Gasteiger partial charge in [-0.3, -0.25) is 0 Å². The van der Waals surface area contributed by atoms with Crippen LogP contribution in [-0.2, 0) is 6.54 Å². The number of rotatable bonds is 3. The highest BCUT2D eigenvalue weighted by atomic mass is 19.1. The Kier molecular flexibility index (Phi) is 2.62. The Balaban J connectivity index is 2.11. The Bertz CT molecular complexity index is 426. The first-order valence-electron chi connectivity index (χ1n) is 4.58. The van der Waals surface area contributed by atoms with Crippen molar-refractivity contribution in [3.63, 3.8) is 0 Å². The van der Waals surface area contributed by atoms with Crippen LogP contribution >= 0.6 is 0 Å². The monoisotopic (exact) mass is 206 g/mol. The molecule has 78 valence electrons. The lowest BCUT2D eigenvalue weighted by molar-refractivity contribution is 0.576. The summed E-state index contributed by atoms with van der Waals surface area (Å²) in [7, 11) is 1.77. The fourth-order valence-corrected chi connectivity index (χ4v) is 1.39. The molecule has 0 radical (unpaired) electrons. The molecule has 0 fully saturated rings. The summed E-state index contributed by atoms with van der Waals surface area (Å²) in [5.74, 6) is -0.340. The maximum absolute atomic E-state index is 13.1. The molecule has 0 saturated heterocycles. The second-order valence-corrected chi connectivity index (χ2v) is 3.28. The maximum atomic E-state index is 13.1. The van der Waals surface area contributed by atoms with E-state index in [-0.39, 0.29) is 5.82 Å². The van der Waals surface area contributed by atoms with E-state index < -0.39 is 5.95 Å². The van der Waals surface area contributed by atoms with E-state index >= 15 is 0 Å². The van der Waals surface area contributed by atoms with Crippen LogP contribution < -0.4 is 4.90 Å². The Labute approximate surface area is 86.7 Å². The zero-order valence-electron chi connectivity index (χ0n) is 8.31. The molecule has 0 aliphatic rings. The summed E-state index contributed by atoms with van der Waals surface area (Å²) < 4.78 is 13.1. The van der Waals surface area contributed by atoms with Crippen molar-refractivity contribution in [1.29, 1.82) is 0 Å². The second-order valence-electron chi connectivity index (χ2n) is 3.28. The van der Waals surface area contributed by atoms with E-state index in [9.17, 15) is 4.39 Å². The van der Waals surface area contributed by atoms with Crippen molar-refractivity contribution < 1.29 is 4.39 Å². The summed E-state index contributed by atoms with van der Waals surface area (Å²) in [4.78, 5) is 1.70. The van der Waals surface area contributed by atoms with Crippen LogP contribution in [0.1, 0.15) is 5.56 Å². The molecule has 1 heterocycles. The molecule has 0 unspecified atom stereocenters. The van der Waals surface area contributed by atoms with Gasteiger partial charge in [0.15, 0.2) is 0 Å². The molecule has 0 amide bonds. The molecule has 0 aliphatic carbocycles. The number of benzene rings is 1.